The number of carbonyl (C=O) groups excluding carboxylic acids is 1. The van der Waals surface area contributed by atoms with E-state index in [0.717, 1.165) is 0 Å². The molecule has 0 radical (unpaired) electrons. The molecule has 106 valence electrons. The summed E-state index contributed by atoms with van der Waals surface area (Å²) in [5.41, 5.74) is 0.674. The Morgan fingerprint density at radius 1 is 1.35 bits per heavy atom. The van der Waals surface area contributed by atoms with Crippen LogP contribution in [0.5, 0.6) is 0 Å². The zero-order valence-electron chi connectivity index (χ0n) is 11.0. The molecule has 1 aromatic heterocycles. The van der Waals surface area contributed by atoms with Crippen molar-refractivity contribution in [2.24, 2.45) is 15.9 Å². The molecule has 0 amide bonds. The largest absolute Gasteiger partial charge is 0.468 e. The van der Waals surface area contributed by atoms with Crippen molar-refractivity contribution in [1.29, 1.82) is 0 Å². The van der Waals surface area contributed by atoms with Crippen LogP contribution in [0, 0.1) is 5.92 Å². The molecule has 2 unspecified atom stereocenters. The average molecular weight is 314 g/mol. The van der Waals surface area contributed by atoms with Gasteiger partial charge in [-0.25, -0.2) is 9.98 Å². The first-order valence-corrected chi connectivity index (χ1v) is 6.84. The summed E-state index contributed by atoms with van der Waals surface area (Å²) in [5.74, 6) is -0.307. The van der Waals surface area contributed by atoms with E-state index in [0.29, 0.717) is 17.8 Å². The summed E-state index contributed by atoms with van der Waals surface area (Å²) in [5, 5.41) is 0.544. The van der Waals surface area contributed by atoms with Crippen LogP contribution < -0.4 is 0 Å². The third-order valence-corrected chi connectivity index (χ3v) is 3.36. The summed E-state index contributed by atoms with van der Waals surface area (Å²) in [6.45, 7) is 1.95. The lowest BCUT2D eigenvalue weighted by Crippen LogP contribution is -2.32. The van der Waals surface area contributed by atoms with E-state index < -0.39 is 5.92 Å². The molecule has 7 heteroatoms. The minimum absolute atomic E-state index is 0.208. The number of halogens is 2. The lowest BCUT2D eigenvalue weighted by Gasteiger charge is -2.21. The van der Waals surface area contributed by atoms with Crippen molar-refractivity contribution in [1.82, 2.24) is 4.98 Å². The quantitative estimate of drug-likeness (QED) is 0.636. The van der Waals surface area contributed by atoms with Gasteiger partial charge in [0.2, 0.25) is 0 Å². The van der Waals surface area contributed by atoms with E-state index in [1.165, 1.54) is 7.11 Å². The van der Waals surface area contributed by atoms with Crippen LogP contribution in [0.15, 0.2) is 22.1 Å². The number of carbonyl (C=O) groups is 1. The number of aliphatic imine (C=N–C) groups is 2. The maximum Gasteiger partial charge on any atom is 0.316 e. The molecular weight excluding hydrogens is 301 g/mol. The standard InChI is InChI=1S/C13H13Cl2N3O2/c1-3-9-8(13(19)20-2)6-16-12(17-9)7-4-10(14)18-11(15)5-7/h4-6,8-9H,3H2,1-2H3. The Labute approximate surface area is 126 Å². The molecule has 0 N–H and O–H groups in total. The maximum atomic E-state index is 11.7. The number of hydrogen-bond acceptors (Lipinski definition) is 5. The second-order valence-corrected chi connectivity index (χ2v) is 5.03. The number of pyridine rings is 1. The SMILES string of the molecule is CCC1N=C(c2cc(Cl)nc(Cl)c2)N=CC1C(=O)OC. The Hall–Kier alpha value is -1.46. The van der Waals surface area contributed by atoms with Gasteiger partial charge in [-0.3, -0.25) is 9.79 Å². The molecule has 0 spiro atoms. The van der Waals surface area contributed by atoms with Gasteiger partial charge < -0.3 is 4.74 Å². The Balaban J connectivity index is 2.33. The summed E-state index contributed by atoms with van der Waals surface area (Å²) >= 11 is 11.7. The first-order chi connectivity index (χ1) is 9.55. The van der Waals surface area contributed by atoms with Crippen molar-refractivity contribution in [3.63, 3.8) is 0 Å². The van der Waals surface area contributed by atoms with E-state index in [9.17, 15) is 4.79 Å². The third kappa shape index (κ3) is 3.16. The van der Waals surface area contributed by atoms with Crippen LogP contribution in [0.25, 0.3) is 0 Å². The number of aromatic nitrogens is 1. The summed E-state index contributed by atoms with van der Waals surface area (Å²) in [7, 11) is 1.35. The van der Waals surface area contributed by atoms with Crippen molar-refractivity contribution >= 4 is 41.2 Å². The maximum absolute atomic E-state index is 11.7. The molecule has 0 aromatic carbocycles. The molecule has 0 saturated heterocycles. The first-order valence-electron chi connectivity index (χ1n) is 6.08. The van der Waals surface area contributed by atoms with Crippen molar-refractivity contribution in [2.75, 3.05) is 7.11 Å². The molecule has 1 aliphatic rings. The fourth-order valence-electron chi connectivity index (χ4n) is 1.96. The fourth-order valence-corrected chi connectivity index (χ4v) is 2.42. The number of ether oxygens (including phenoxy) is 1. The number of nitrogens with zero attached hydrogens (tertiary/aromatic N) is 3. The molecule has 1 aliphatic heterocycles. The van der Waals surface area contributed by atoms with Crippen LogP contribution in [0.4, 0.5) is 0 Å². The number of esters is 1. The van der Waals surface area contributed by atoms with Gasteiger partial charge in [0.05, 0.1) is 13.2 Å². The van der Waals surface area contributed by atoms with Crippen LogP contribution >= 0.6 is 23.2 Å². The summed E-state index contributed by atoms with van der Waals surface area (Å²) in [6.07, 6.45) is 2.26. The Kier molecular flexibility index (Phi) is 4.73. The highest BCUT2D eigenvalue weighted by atomic mass is 35.5. The normalized spacial score (nSPS) is 21.5. The monoisotopic (exact) mass is 313 g/mol. The Morgan fingerprint density at radius 2 is 2.00 bits per heavy atom. The molecular formula is C13H13Cl2N3O2. The zero-order valence-corrected chi connectivity index (χ0v) is 12.5. The molecule has 20 heavy (non-hydrogen) atoms. The number of rotatable bonds is 3. The van der Waals surface area contributed by atoms with Crippen LogP contribution in [0.1, 0.15) is 18.9 Å². The van der Waals surface area contributed by atoms with E-state index in [2.05, 4.69) is 15.0 Å². The molecule has 1 aromatic rings. The molecule has 5 nitrogen and oxygen atoms in total. The van der Waals surface area contributed by atoms with E-state index in [1.807, 2.05) is 6.92 Å². The number of amidine groups is 1. The van der Waals surface area contributed by atoms with E-state index >= 15 is 0 Å². The number of methoxy groups -OCH3 is 1. The Morgan fingerprint density at radius 3 is 2.55 bits per heavy atom. The van der Waals surface area contributed by atoms with Gasteiger partial charge in [0.1, 0.15) is 16.2 Å². The van der Waals surface area contributed by atoms with Crippen molar-refractivity contribution in [2.45, 2.75) is 19.4 Å². The third-order valence-electron chi connectivity index (χ3n) is 2.97. The van der Waals surface area contributed by atoms with Crippen LogP contribution in [-0.2, 0) is 9.53 Å². The topological polar surface area (TPSA) is 63.9 Å². The smallest absolute Gasteiger partial charge is 0.316 e. The summed E-state index contributed by atoms with van der Waals surface area (Å²) in [4.78, 5) is 24.2. The van der Waals surface area contributed by atoms with E-state index in [1.54, 1.807) is 18.3 Å². The summed E-state index contributed by atoms with van der Waals surface area (Å²) < 4.78 is 4.75. The molecule has 2 heterocycles. The average Bonchev–Trinajstić information content (AvgIpc) is 2.44. The predicted octanol–water partition coefficient (Wildman–Crippen LogP) is 2.79. The second kappa shape index (κ2) is 6.33. The molecule has 0 saturated carbocycles. The Bertz CT molecular complexity index is 567. The van der Waals surface area contributed by atoms with Crippen molar-refractivity contribution in [3.8, 4) is 0 Å². The number of hydrogen-bond donors (Lipinski definition) is 0. The highest BCUT2D eigenvalue weighted by Gasteiger charge is 2.29. The highest BCUT2D eigenvalue weighted by Crippen LogP contribution is 2.21. The minimum Gasteiger partial charge on any atom is -0.468 e. The van der Waals surface area contributed by atoms with Gasteiger partial charge in [-0.05, 0) is 18.6 Å². The predicted molar refractivity (Wildman–Crippen MR) is 78.9 cm³/mol. The van der Waals surface area contributed by atoms with Gasteiger partial charge in [0.15, 0.2) is 5.84 Å². The van der Waals surface area contributed by atoms with Gasteiger partial charge in [-0.1, -0.05) is 30.1 Å². The van der Waals surface area contributed by atoms with E-state index in [4.69, 9.17) is 27.9 Å². The fraction of sp³-hybridized carbons (Fsp3) is 0.385. The molecule has 0 aliphatic carbocycles. The van der Waals surface area contributed by atoms with Gasteiger partial charge in [-0.15, -0.1) is 0 Å². The van der Waals surface area contributed by atoms with Gasteiger partial charge in [0.25, 0.3) is 0 Å². The van der Waals surface area contributed by atoms with Crippen molar-refractivity contribution in [3.05, 3.63) is 28.0 Å². The zero-order chi connectivity index (χ0) is 14.7. The van der Waals surface area contributed by atoms with Crippen LogP contribution in [-0.4, -0.2) is 36.2 Å². The molecule has 2 atom stereocenters. The highest BCUT2D eigenvalue weighted by molar-refractivity contribution is 6.33. The van der Waals surface area contributed by atoms with Crippen LogP contribution in [0.2, 0.25) is 10.3 Å². The first kappa shape index (κ1) is 14.9. The lowest BCUT2D eigenvalue weighted by molar-refractivity contribution is -0.143. The molecule has 0 bridgehead atoms. The van der Waals surface area contributed by atoms with Gasteiger partial charge in [-0.2, -0.15) is 0 Å². The van der Waals surface area contributed by atoms with Gasteiger partial charge in [0, 0.05) is 11.8 Å². The lowest BCUT2D eigenvalue weighted by atomic mass is 9.98. The molecule has 2 rings (SSSR count). The minimum atomic E-state index is -0.457. The van der Waals surface area contributed by atoms with Gasteiger partial charge >= 0.3 is 5.97 Å². The van der Waals surface area contributed by atoms with Crippen molar-refractivity contribution < 1.29 is 9.53 Å². The van der Waals surface area contributed by atoms with E-state index in [-0.39, 0.29) is 22.3 Å². The molecule has 0 fully saturated rings. The summed E-state index contributed by atoms with van der Waals surface area (Å²) in [6, 6.07) is 3.06. The second-order valence-electron chi connectivity index (χ2n) is 4.26. The van der Waals surface area contributed by atoms with Crippen LogP contribution in [0.3, 0.4) is 0 Å².